The molecule has 0 fully saturated rings. The molecule has 6 heteroatoms. The molecule has 158 valence electrons. The fourth-order valence-corrected chi connectivity index (χ4v) is 3.75. The smallest absolute Gasteiger partial charge is 0.259 e. The number of hydrogen-bond acceptors (Lipinski definition) is 3. The summed E-state index contributed by atoms with van der Waals surface area (Å²) >= 11 is 0. The highest BCUT2D eigenvalue weighted by atomic mass is 16.5. The standard InChI is InChI=1S/C25H25N3O3/c1-17-12-24(29)22(15-26-17)25(30)28(16-18-6-5-7-20(13-18)31-2)11-10-19-14-27-23-9-4-3-8-21(19)23/h3-9,12-15,27H,10-11,16H2,1-2H3,(H,26,29). The van der Waals surface area contributed by atoms with Crippen LogP contribution in [-0.2, 0) is 13.0 Å². The molecule has 0 radical (unpaired) electrons. The summed E-state index contributed by atoms with van der Waals surface area (Å²) in [7, 11) is 1.62. The van der Waals surface area contributed by atoms with Gasteiger partial charge in [-0.3, -0.25) is 9.59 Å². The number of H-pyrrole nitrogens is 2. The first-order valence-corrected chi connectivity index (χ1v) is 10.2. The van der Waals surface area contributed by atoms with Gasteiger partial charge in [0.2, 0.25) is 0 Å². The van der Waals surface area contributed by atoms with Gasteiger partial charge < -0.3 is 19.6 Å². The molecule has 0 aliphatic rings. The van der Waals surface area contributed by atoms with Gasteiger partial charge in [0.05, 0.1) is 7.11 Å². The molecular formula is C25H25N3O3. The van der Waals surface area contributed by atoms with Gasteiger partial charge in [0.1, 0.15) is 11.3 Å². The van der Waals surface area contributed by atoms with E-state index in [0.717, 1.165) is 33.5 Å². The third-order valence-corrected chi connectivity index (χ3v) is 5.41. The fraction of sp³-hybridized carbons (Fsp3) is 0.200. The van der Waals surface area contributed by atoms with Crippen molar-refractivity contribution in [2.24, 2.45) is 0 Å². The van der Waals surface area contributed by atoms with Gasteiger partial charge in [0, 0.05) is 48.1 Å². The van der Waals surface area contributed by atoms with Crippen LogP contribution in [0.5, 0.6) is 5.75 Å². The lowest BCUT2D eigenvalue weighted by Gasteiger charge is -2.23. The summed E-state index contributed by atoms with van der Waals surface area (Å²) in [6.45, 7) is 2.65. The van der Waals surface area contributed by atoms with E-state index in [1.54, 1.807) is 18.9 Å². The number of pyridine rings is 1. The second-order valence-corrected chi connectivity index (χ2v) is 7.58. The third kappa shape index (κ3) is 4.53. The van der Waals surface area contributed by atoms with Crippen LogP contribution in [-0.4, -0.2) is 34.4 Å². The van der Waals surface area contributed by atoms with Crippen LogP contribution >= 0.6 is 0 Å². The summed E-state index contributed by atoms with van der Waals surface area (Å²) in [4.78, 5) is 33.8. The number of aromatic nitrogens is 2. The highest BCUT2D eigenvalue weighted by Gasteiger charge is 2.20. The van der Waals surface area contributed by atoms with Gasteiger partial charge in [-0.1, -0.05) is 30.3 Å². The van der Waals surface area contributed by atoms with Crippen LogP contribution in [0.15, 0.2) is 71.8 Å². The molecular weight excluding hydrogens is 390 g/mol. The van der Waals surface area contributed by atoms with Crippen molar-refractivity contribution in [3.8, 4) is 5.75 Å². The summed E-state index contributed by atoms with van der Waals surface area (Å²) in [6, 6.07) is 17.2. The predicted molar refractivity (Wildman–Crippen MR) is 122 cm³/mol. The zero-order chi connectivity index (χ0) is 21.8. The molecule has 2 N–H and O–H groups in total. The quantitative estimate of drug-likeness (QED) is 0.478. The molecule has 0 aliphatic carbocycles. The fourth-order valence-electron chi connectivity index (χ4n) is 3.75. The van der Waals surface area contributed by atoms with Crippen LogP contribution < -0.4 is 10.2 Å². The topological polar surface area (TPSA) is 78.2 Å². The zero-order valence-electron chi connectivity index (χ0n) is 17.6. The van der Waals surface area contributed by atoms with Crippen molar-refractivity contribution in [1.82, 2.24) is 14.9 Å². The van der Waals surface area contributed by atoms with E-state index in [1.165, 1.54) is 12.3 Å². The monoisotopic (exact) mass is 415 g/mol. The van der Waals surface area contributed by atoms with E-state index in [9.17, 15) is 9.59 Å². The number of benzene rings is 2. The van der Waals surface area contributed by atoms with Crippen LogP contribution in [0.25, 0.3) is 10.9 Å². The number of fused-ring (bicyclic) bond motifs is 1. The van der Waals surface area contributed by atoms with E-state index >= 15 is 0 Å². The second-order valence-electron chi connectivity index (χ2n) is 7.58. The third-order valence-electron chi connectivity index (χ3n) is 5.41. The number of nitrogens with zero attached hydrogens (tertiary/aromatic N) is 1. The Bertz CT molecular complexity index is 1270. The predicted octanol–water partition coefficient (Wildman–Crippen LogP) is 4.06. The number of aromatic amines is 2. The van der Waals surface area contributed by atoms with Crippen LogP contribution in [0.1, 0.15) is 27.2 Å². The number of amides is 1. The van der Waals surface area contributed by atoms with Gasteiger partial charge in [-0.25, -0.2) is 0 Å². The minimum atomic E-state index is -0.288. The van der Waals surface area contributed by atoms with E-state index in [1.807, 2.05) is 48.7 Å². The maximum absolute atomic E-state index is 13.3. The molecule has 0 aliphatic heterocycles. The van der Waals surface area contributed by atoms with Crippen LogP contribution in [0, 0.1) is 6.92 Å². The van der Waals surface area contributed by atoms with Gasteiger partial charge >= 0.3 is 0 Å². The van der Waals surface area contributed by atoms with Crippen LogP contribution in [0.2, 0.25) is 0 Å². The second kappa shape index (κ2) is 8.92. The number of ether oxygens (including phenoxy) is 1. The molecule has 0 saturated heterocycles. The Morgan fingerprint density at radius 1 is 1.03 bits per heavy atom. The Balaban J connectivity index is 1.62. The molecule has 0 saturated carbocycles. The Morgan fingerprint density at radius 2 is 1.87 bits per heavy atom. The van der Waals surface area contributed by atoms with Gasteiger partial charge in [0.25, 0.3) is 5.91 Å². The summed E-state index contributed by atoms with van der Waals surface area (Å²) in [6.07, 6.45) is 4.16. The maximum atomic E-state index is 13.3. The van der Waals surface area contributed by atoms with Crippen molar-refractivity contribution >= 4 is 16.8 Å². The minimum absolute atomic E-state index is 0.146. The Kier molecular flexibility index (Phi) is 5.89. The molecule has 0 atom stereocenters. The summed E-state index contributed by atoms with van der Waals surface area (Å²) in [5, 5.41) is 1.14. The lowest BCUT2D eigenvalue weighted by Crippen LogP contribution is -2.35. The van der Waals surface area contributed by atoms with Crippen molar-refractivity contribution in [2.75, 3.05) is 13.7 Å². The molecule has 2 aromatic heterocycles. The number of hydrogen-bond donors (Lipinski definition) is 2. The Labute approximate surface area is 180 Å². The molecule has 1 amide bonds. The first-order chi connectivity index (χ1) is 15.0. The van der Waals surface area contributed by atoms with Crippen LogP contribution in [0.3, 0.4) is 0 Å². The lowest BCUT2D eigenvalue weighted by molar-refractivity contribution is 0.0743. The van der Waals surface area contributed by atoms with Gasteiger partial charge in [-0.15, -0.1) is 0 Å². The van der Waals surface area contributed by atoms with Gasteiger partial charge in [-0.05, 0) is 42.7 Å². The average molecular weight is 415 g/mol. The molecule has 2 aromatic carbocycles. The van der Waals surface area contributed by atoms with E-state index in [-0.39, 0.29) is 16.9 Å². The number of para-hydroxylation sites is 1. The molecule has 4 rings (SSSR count). The summed E-state index contributed by atoms with van der Waals surface area (Å²) < 4.78 is 5.32. The molecule has 2 heterocycles. The van der Waals surface area contributed by atoms with Crippen molar-refractivity contribution < 1.29 is 9.53 Å². The number of methoxy groups -OCH3 is 1. The average Bonchev–Trinajstić information content (AvgIpc) is 3.19. The number of carbonyl (C=O) groups excluding carboxylic acids is 1. The Morgan fingerprint density at radius 3 is 2.68 bits per heavy atom. The SMILES string of the molecule is COc1cccc(CN(CCc2c[nH]c3ccccc23)C(=O)c2c[nH]c(C)cc2=O)c1. The Hall–Kier alpha value is -3.80. The van der Waals surface area contributed by atoms with Crippen molar-refractivity contribution in [3.05, 3.63) is 99.6 Å². The van der Waals surface area contributed by atoms with E-state index < -0.39 is 0 Å². The molecule has 4 aromatic rings. The van der Waals surface area contributed by atoms with Gasteiger partial charge in [0.15, 0.2) is 5.43 Å². The van der Waals surface area contributed by atoms with E-state index in [2.05, 4.69) is 16.0 Å². The number of nitrogens with one attached hydrogen (secondary N) is 2. The molecule has 0 unspecified atom stereocenters. The van der Waals surface area contributed by atoms with E-state index in [4.69, 9.17) is 4.74 Å². The highest BCUT2D eigenvalue weighted by molar-refractivity contribution is 5.94. The first-order valence-electron chi connectivity index (χ1n) is 10.2. The molecule has 31 heavy (non-hydrogen) atoms. The van der Waals surface area contributed by atoms with Crippen molar-refractivity contribution in [2.45, 2.75) is 19.9 Å². The number of carbonyl (C=O) groups is 1. The molecule has 0 bridgehead atoms. The first kappa shape index (κ1) is 20.5. The van der Waals surface area contributed by atoms with Crippen molar-refractivity contribution in [1.29, 1.82) is 0 Å². The zero-order valence-corrected chi connectivity index (χ0v) is 17.6. The van der Waals surface area contributed by atoms with Crippen LogP contribution in [0.4, 0.5) is 0 Å². The largest absolute Gasteiger partial charge is 0.497 e. The minimum Gasteiger partial charge on any atom is -0.497 e. The highest BCUT2D eigenvalue weighted by Crippen LogP contribution is 2.20. The normalized spacial score (nSPS) is 10.9. The van der Waals surface area contributed by atoms with Gasteiger partial charge in [-0.2, -0.15) is 0 Å². The van der Waals surface area contributed by atoms with E-state index in [0.29, 0.717) is 19.5 Å². The number of rotatable bonds is 7. The summed E-state index contributed by atoms with van der Waals surface area (Å²) in [5.74, 6) is 0.443. The number of aryl methyl sites for hydroxylation is 1. The van der Waals surface area contributed by atoms with Crippen molar-refractivity contribution in [3.63, 3.8) is 0 Å². The lowest BCUT2D eigenvalue weighted by atomic mass is 10.1. The molecule has 0 spiro atoms. The molecule has 6 nitrogen and oxygen atoms in total. The maximum Gasteiger partial charge on any atom is 0.259 e. The summed E-state index contributed by atoms with van der Waals surface area (Å²) in [5.41, 5.74) is 3.74.